The van der Waals surface area contributed by atoms with Crippen molar-refractivity contribution in [3.05, 3.63) is 71.0 Å². The normalized spacial score (nSPS) is 10.5. The summed E-state index contributed by atoms with van der Waals surface area (Å²) in [5.41, 5.74) is 2.63. The Morgan fingerprint density at radius 2 is 1.92 bits per heavy atom. The van der Waals surface area contributed by atoms with Crippen LogP contribution >= 0.6 is 23.3 Å². The van der Waals surface area contributed by atoms with E-state index >= 15 is 0 Å². The summed E-state index contributed by atoms with van der Waals surface area (Å²) in [6, 6.07) is 14.1. The van der Waals surface area contributed by atoms with E-state index < -0.39 is 0 Å². The van der Waals surface area contributed by atoms with Crippen LogP contribution in [-0.2, 0) is 6.54 Å². The van der Waals surface area contributed by atoms with Gasteiger partial charge in [-0.15, -0.1) is 11.3 Å². The van der Waals surface area contributed by atoms with E-state index in [-0.39, 0.29) is 5.91 Å². The Labute approximate surface area is 155 Å². The van der Waals surface area contributed by atoms with Crippen molar-refractivity contribution in [1.29, 1.82) is 0 Å². The molecule has 1 amide bonds. The molecule has 0 saturated carbocycles. The molecule has 3 aromatic rings. The number of nitrogens with zero attached hydrogens (tertiary/aromatic N) is 3. The van der Waals surface area contributed by atoms with Gasteiger partial charge >= 0.3 is 0 Å². The van der Waals surface area contributed by atoms with E-state index in [1.807, 2.05) is 43.5 Å². The summed E-state index contributed by atoms with van der Waals surface area (Å²) in [7, 11) is 0. The van der Waals surface area contributed by atoms with Gasteiger partial charge in [-0.1, -0.05) is 42.3 Å². The molecule has 0 aliphatic carbocycles. The summed E-state index contributed by atoms with van der Waals surface area (Å²) >= 11 is 2.79. The van der Waals surface area contributed by atoms with E-state index in [1.54, 1.807) is 12.4 Å². The summed E-state index contributed by atoms with van der Waals surface area (Å²) in [5, 5.41) is 0.791. The maximum absolute atomic E-state index is 12.2. The molecule has 1 N–H and O–H groups in total. The van der Waals surface area contributed by atoms with Crippen molar-refractivity contribution in [3.8, 4) is 0 Å². The van der Waals surface area contributed by atoms with Gasteiger partial charge in [0, 0.05) is 29.2 Å². The molecule has 0 unspecified atom stereocenters. The molecule has 0 saturated heterocycles. The summed E-state index contributed by atoms with van der Waals surface area (Å²) in [6.45, 7) is 2.59. The van der Waals surface area contributed by atoms with Crippen LogP contribution in [0.1, 0.15) is 20.9 Å². The van der Waals surface area contributed by atoms with Crippen molar-refractivity contribution >= 4 is 40.0 Å². The first-order chi connectivity index (χ1) is 12.2. The molecular weight excluding hydrogens is 352 g/mol. The number of anilines is 2. The molecule has 0 aliphatic heterocycles. The topological polar surface area (TPSA) is 58.1 Å². The van der Waals surface area contributed by atoms with Crippen molar-refractivity contribution in [2.45, 2.75) is 13.5 Å². The summed E-state index contributed by atoms with van der Waals surface area (Å²) in [5.74, 6) is -0.165. The fraction of sp³-hybridized carbons (Fsp3) is 0.167. The van der Waals surface area contributed by atoms with Crippen LogP contribution in [0, 0.1) is 6.92 Å². The van der Waals surface area contributed by atoms with Gasteiger partial charge in [0.1, 0.15) is 5.69 Å². The third-order valence-corrected chi connectivity index (χ3v) is 4.97. The molecule has 0 radical (unpaired) electrons. The lowest BCUT2D eigenvalue weighted by Gasteiger charge is -2.22. The fourth-order valence-corrected chi connectivity index (χ4v) is 3.62. The van der Waals surface area contributed by atoms with E-state index in [1.165, 1.54) is 28.8 Å². The number of thiazole rings is 1. The lowest BCUT2D eigenvalue weighted by atomic mass is 10.2. The number of nitrogens with one attached hydrogen (secondary N) is 1. The summed E-state index contributed by atoms with van der Waals surface area (Å²) in [6.07, 6.45) is 5.34. The molecule has 3 rings (SSSR count). The predicted octanol–water partition coefficient (Wildman–Crippen LogP) is 4.19. The minimum atomic E-state index is -0.165. The van der Waals surface area contributed by atoms with Crippen LogP contribution < -0.4 is 9.62 Å². The van der Waals surface area contributed by atoms with E-state index in [9.17, 15) is 4.79 Å². The van der Waals surface area contributed by atoms with Crippen molar-refractivity contribution in [2.24, 2.45) is 0 Å². The van der Waals surface area contributed by atoms with Crippen molar-refractivity contribution in [2.75, 3.05) is 11.2 Å². The minimum Gasteiger partial charge on any atom is -0.313 e. The van der Waals surface area contributed by atoms with Crippen molar-refractivity contribution in [3.63, 3.8) is 0 Å². The predicted molar refractivity (Wildman–Crippen MR) is 104 cm³/mol. The largest absolute Gasteiger partial charge is 0.313 e. The lowest BCUT2D eigenvalue weighted by molar-refractivity contribution is 0.0980. The van der Waals surface area contributed by atoms with Crippen LogP contribution in [0.2, 0.25) is 0 Å². The number of amides is 1. The van der Waals surface area contributed by atoms with Gasteiger partial charge in [0.25, 0.3) is 5.91 Å². The zero-order valence-electron chi connectivity index (χ0n) is 14.0. The van der Waals surface area contributed by atoms with Crippen molar-refractivity contribution < 1.29 is 4.79 Å². The number of hydrogen-bond donors (Lipinski definition) is 1. The molecule has 128 valence electrons. The first-order valence-electron chi connectivity index (χ1n) is 7.71. The standard InChI is InChI=1S/C18H18N4OS2/c1-13-16(17(23)21-24-2)20-18(25-13)22(15-8-10-19-11-9-15)12-14-6-4-3-5-7-14/h3-11H,12H2,1-2H3,(H,21,23). The number of rotatable bonds is 6. The summed E-state index contributed by atoms with van der Waals surface area (Å²) < 4.78 is 2.74. The number of hydrogen-bond acceptors (Lipinski definition) is 6. The Balaban J connectivity index is 1.97. The van der Waals surface area contributed by atoms with Gasteiger partial charge in [0.2, 0.25) is 0 Å². The third kappa shape index (κ3) is 4.18. The van der Waals surface area contributed by atoms with E-state index in [4.69, 9.17) is 0 Å². The third-order valence-electron chi connectivity index (χ3n) is 3.58. The van der Waals surface area contributed by atoms with E-state index in [0.29, 0.717) is 12.2 Å². The zero-order chi connectivity index (χ0) is 17.6. The number of carbonyl (C=O) groups excluding carboxylic acids is 1. The second-order valence-corrected chi connectivity index (χ2v) is 7.11. The number of pyridine rings is 1. The highest BCUT2D eigenvalue weighted by Crippen LogP contribution is 2.32. The maximum Gasteiger partial charge on any atom is 0.280 e. The van der Waals surface area contributed by atoms with Crippen molar-refractivity contribution in [1.82, 2.24) is 14.7 Å². The van der Waals surface area contributed by atoms with Crippen LogP contribution in [0.5, 0.6) is 0 Å². The Bertz CT molecular complexity index is 837. The minimum absolute atomic E-state index is 0.165. The van der Waals surface area contributed by atoms with Crippen LogP contribution in [-0.4, -0.2) is 22.1 Å². The SMILES string of the molecule is CSNC(=O)c1nc(N(Cc2ccccc2)c2ccncc2)sc1C. The Morgan fingerprint density at radius 1 is 1.20 bits per heavy atom. The zero-order valence-corrected chi connectivity index (χ0v) is 15.6. The molecule has 0 spiro atoms. The number of aryl methyl sites for hydroxylation is 1. The highest BCUT2D eigenvalue weighted by atomic mass is 32.2. The van der Waals surface area contributed by atoms with Gasteiger partial charge in [0.15, 0.2) is 5.13 Å². The summed E-state index contributed by atoms with van der Waals surface area (Å²) in [4.78, 5) is 23.9. The Morgan fingerprint density at radius 3 is 2.60 bits per heavy atom. The first kappa shape index (κ1) is 17.4. The second kappa shape index (κ2) is 8.13. The van der Waals surface area contributed by atoms with Crippen LogP contribution in [0.15, 0.2) is 54.9 Å². The smallest absolute Gasteiger partial charge is 0.280 e. The molecule has 2 heterocycles. The molecular formula is C18H18N4OS2. The van der Waals surface area contributed by atoms with Gasteiger partial charge in [-0.2, -0.15) is 0 Å². The van der Waals surface area contributed by atoms with Crippen LogP contribution in [0.25, 0.3) is 0 Å². The number of carbonyl (C=O) groups is 1. The molecule has 7 heteroatoms. The lowest BCUT2D eigenvalue weighted by Crippen LogP contribution is -2.19. The van der Waals surface area contributed by atoms with Gasteiger partial charge in [-0.25, -0.2) is 4.98 Å². The maximum atomic E-state index is 12.2. The van der Waals surface area contributed by atoms with Gasteiger partial charge < -0.3 is 4.90 Å². The second-order valence-electron chi connectivity index (χ2n) is 5.31. The van der Waals surface area contributed by atoms with Gasteiger partial charge in [-0.3, -0.25) is 14.5 Å². The van der Waals surface area contributed by atoms with Crippen LogP contribution in [0.4, 0.5) is 10.8 Å². The Kier molecular flexibility index (Phi) is 5.67. The van der Waals surface area contributed by atoms with E-state index in [0.717, 1.165) is 15.7 Å². The number of aromatic nitrogens is 2. The molecule has 0 atom stereocenters. The molecule has 2 aromatic heterocycles. The fourth-order valence-electron chi connectivity index (χ4n) is 2.41. The number of benzene rings is 1. The molecule has 25 heavy (non-hydrogen) atoms. The van der Waals surface area contributed by atoms with E-state index in [2.05, 4.69) is 31.7 Å². The highest BCUT2D eigenvalue weighted by molar-refractivity contribution is 7.97. The monoisotopic (exact) mass is 370 g/mol. The quantitative estimate of drug-likeness (QED) is 0.659. The highest BCUT2D eigenvalue weighted by Gasteiger charge is 2.20. The molecule has 1 aromatic carbocycles. The van der Waals surface area contributed by atoms with Crippen LogP contribution in [0.3, 0.4) is 0 Å². The average molecular weight is 371 g/mol. The average Bonchev–Trinajstić information content (AvgIpc) is 3.03. The van der Waals surface area contributed by atoms with Gasteiger partial charge in [-0.05, 0) is 24.6 Å². The first-order valence-corrected chi connectivity index (χ1v) is 9.75. The molecule has 0 bridgehead atoms. The Hall–Kier alpha value is -2.38. The molecule has 5 nitrogen and oxygen atoms in total. The van der Waals surface area contributed by atoms with Gasteiger partial charge in [0.05, 0.1) is 6.54 Å². The molecule has 0 fully saturated rings. The molecule has 0 aliphatic rings.